The molecule has 0 aliphatic rings. The Labute approximate surface area is 127 Å². The Hall–Kier alpha value is -1.93. The lowest BCUT2D eigenvalue weighted by atomic mass is 10.3. The van der Waals surface area contributed by atoms with E-state index in [9.17, 15) is 9.59 Å². The molecule has 0 saturated heterocycles. The molecule has 1 unspecified atom stereocenters. The molecular formula is C13H19N3O4S. The van der Waals surface area contributed by atoms with E-state index in [0.29, 0.717) is 24.8 Å². The highest BCUT2D eigenvalue weighted by Crippen LogP contribution is 2.17. The zero-order valence-electron chi connectivity index (χ0n) is 11.8. The van der Waals surface area contributed by atoms with Gasteiger partial charge in [-0.3, -0.25) is 0 Å². The van der Waals surface area contributed by atoms with Crippen LogP contribution in [0.3, 0.4) is 0 Å². The SMILES string of the molecule is C=CCCOCCNC(=O)NC(C)c1nc(C(=O)O)cs1. The molecule has 1 rings (SSSR count). The fourth-order valence-corrected chi connectivity index (χ4v) is 2.20. The number of carbonyl (C=O) groups is 2. The summed E-state index contributed by atoms with van der Waals surface area (Å²) in [4.78, 5) is 26.3. The maximum absolute atomic E-state index is 11.6. The normalized spacial score (nSPS) is 11.7. The largest absolute Gasteiger partial charge is 0.476 e. The van der Waals surface area contributed by atoms with Crippen LogP contribution >= 0.6 is 11.3 Å². The molecule has 0 aliphatic heterocycles. The van der Waals surface area contributed by atoms with Gasteiger partial charge in [0, 0.05) is 11.9 Å². The highest BCUT2D eigenvalue weighted by Gasteiger charge is 2.15. The number of rotatable bonds is 9. The number of nitrogens with one attached hydrogen (secondary N) is 2. The van der Waals surface area contributed by atoms with Crippen LogP contribution in [-0.4, -0.2) is 41.8 Å². The molecule has 1 atom stereocenters. The predicted octanol–water partition coefficient (Wildman–Crippen LogP) is 1.79. The number of aromatic carboxylic acids is 1. The number of ether oxygens (including phenoxy) is 1. The number of amides is 2. The van der Waals surface area contributed by atoms with E-state index < -0.39 is 5.97 Å². The smallest absolute Gasteiger partial charge is 0.355 e. The number of carboxylic acids is 1. The Morgan fingerprint density at radius 1 is 1.57 bits per heavy atom. The van der Waals surface area contributed by atoms with Crippen molar-refractivity contribution in [1.82, 2.24) is 15.6 Å². The minimum Gasteiger partial charge on any atom is -0.476 e. The molecule has 1 aromatic heterocycles. The summed E-state index contributed by atoms with van der Waals surface area (Å²) in [5, 5.41) is 16.1. The number of carboxylic acid groups (broad SMARTS) is 1. The second-order valence-corrected chi connectivity index (χ2v) is 5.08. The van der Waals surface area contributed by atoms with E-state index >= 15 is 0 Å². The van der Waals surface area contributed by atoms with Crippen molar-refractivity contribution in [3.63, 3.8) is 0 Å². The molecule has 1 heterocycles. The number of hydrogen-bond donors (Lipinski definition) is 3. The zero-order chi connectivity index (χ0) is 15.7. The van der Waals surface area contributed by atoms with Crippen molar-refractivity contribution >= 4 is 23.3 Å². The monoisotopic (exact) mass is 313 g/mol. The molecule has 0 saturated carbocycles. The number of nitrogens with zero attached hydrogens (tertiary/aromatic N) is 1. The molecule has 0 radical (unpaired) electrons. The predicted molar refractivity (Wildman–Crippen MR) is 79.7 cm³/mol. The molecule has 0 aliphatic carbocycles. The molecule has 0 aromatic carbocycles. The van der Waals surface area contributed by atoms with Crippen molar-refractivity contribution in [3.8, 4) is 0 Å². The van der Waals surface area contributed by atoms with Crippen molar-refractivity contribution in [2.24, 2.45) is 0 Å². The van der Waals surface area contributed by atoms with Gasteiger partial charge in [0.15, 0.2) is 5.69 Å². The summed E-state index contributed by atoms with van der Waals surface area (Å²) in [7, 11) is 0. The van der Waals surface area contributed by atoms with Crippen LogP contribution in [0.25, 0.3) is 0 Å². The molecule has 0 spiro atoms. The van der Waals surface area contributed by atoms with Gasteiger partial charge in [-0.1, -0.05) is 6.08 Å². The molecule has 21 heavy (non-hydrogen) atoms. The third kappa shape index (κ3) is 6.37. The lowest BCUT2D eigenvalue weighted by Gasteiger charge is -2.12. The Morgan fingerprint density at radius 2 is 2.33 bits per heavy atom. The van der Waals surface area contributed by atoms with Crippen molar-refractivity contribution in [1.29, 1.82) is 0 Å². The highest BCUT2D eigenvalue weighted by atomic mass is 32.1. The standard InChI is InChI=1S/C13H19N3O4S/c1-3-4-6-20-7-5-14-13(19)15-9(2)11-16-10(8-21-11)12(17)18/h3,8-9H,1,4-7H2,2H3,(H,17,18)(H2,14,15,19). The summed E-state index contributed by atoms with van der Waals surface area (Å²) in [5.41, 5.74) is -0.0142. The molecule has 8 heteroatoms. The summed E-state index contributed by atoms with van der Waals surface area (Å²) in [5.74, 6) is -1.08. The lowest BCUT2D eigenvalue weighted by Crippen LogP contribution is -2.38. The van der Waals surface area contributed by atoms with E-state index in [-0.39, 0.29) is 17.8 Å². The van der Waals surface area contributed by atoms with Crippen LogP contribution < -0.4 is 10.6 Å². The molecule has 3 N–H and O–H groups in total. The summed E-state index contributed by atoms with van der Waals surface area (Å²) >= 11 is 1.20. The van der Waals surface area contributed by atoms with Gasteiger partial charge < -0.3 is 20.5 Å². The highest BCUT2D eigenvalue weighted by molar-refractivity contribution is 7.09. The third-order valence-corrected chi connectivity index (χ3v) is 3.48. The molecule has 0 bridgehead atoms. The number of hydrogen-bond acceptors (Lipinski definition) is 5. The van der Waals surface area contributed by atoms with Gasteiger partial charge in [-0.2, -0.15) is 0 Å². The number of urea groups is 1. The first-order chi connectivity index (χ1) is 10.0. The average molecular weight is 313 g/mol. The Bertz CT molecular complexity index is 490. The van der Waals surface area contributed by atoms with Crippen LogP contribution in [0.2, 0.25) is 0 Å². The fourth-order valence-electron chi connectivity index (χ4n) is 1.40. The second kappa shape index (κ2) is 9.09. The van der Waals surface area contributed by atoms with Crippen molar-refractivity contribution in [3.05, 3.63) is 28.7 Å². The van der Waals surface area contributed by atoms with Gasteiger partial charge in [-0.05, 0) is 13.3 Å². The number of aromatic nitrogens is 1. The first-order valence-electron chi connectivity index (χ1n) is 6.46. The van der Waals surface area contributed by atoms with Gasteiger partial charge in [0.1, 0.15) is 5.01 Å². The topological polar surface area (TPSA) is 101 Å². The van der Waals surface area contributed by atoms with E-state index in [1.807, 2.05) is 0 Å². The molecular weight excluding hydrogens is 294 g/mol. The molecule has 1 aromatic rings. The van der Waals surface area contributed by atoms with E-state index in [0.717, 1.165) is 6.42 Å². The summed E-state index contributed by atoms with van der Waals surface area (Å²) < 4.78 is 5.25. The van der Waals surface area contributed by atoms with Crippen molar-refractivity contribution < 1.29 is 19.4 Å². The van der Waals surface area contributed by atoms with E-state index in [2.05, 4.69) is 22.2 Å². The van der Waals surface area contributed by atoms with Crippen LogP contribution in [0.1, 0.15) is 34.9 Å². The first kappa shape index (κ1) is 17.1. The minimum atomic E-state index is -1.08. The molecule has 2 amide bonds. The van der Waals surface area contributed by atoms with Gasteiger partial charge in [-0.15, -0.1) is 17.9 Å². The van der Waals surface area contributed by atoms with Crippen molar-refractivity contribution in [2.75, 3.05) is 19.8 Å². The van der Waals surface area contributed by atoms with Crippen LogP contribution in [0, 0.1) is 0 Å². The van der Waals surface area contributed by atoms with Gasteiger partial charge in [-0.25, -0.2) is 14.6 Å². The van der Waals surface area contributed by atoms with Crippen LogP contribution in [-0.2, 0) is 4.74 Å². The minimum absolute atomic E-state index is 0.0142. The third-order valence-electron chi connectivity index (χ3n) is 2.46. The Kier molecular flexibility index (Phi) is 7.41. The van der Waals surface area contributed by atoms with Crippen LogP contribution in [0.4, 0.5) is 4.79 Å². The quantitative estimate of drug-likeness (QED) is 0.477. The number of thiazole rings is 1. The van der Waals surface area contributed by atoms with Crippen molar-refractivity contribution in [2.45, 2.75) is 19.4 Å². The van der Waals surface area contributed by atoms with Gasteiger partial charge >= 0.3 is 12.0 Å². The summed E-state index contributed by atoms with van der Waals surface area (Å²) in [6.07, 6.45) is 2.54. The van der Waals surface area contributed by atoms with E-state index in [1.54, 1.807) is 13.0 Å². The van der Waals surface area contributed by atoms with Gasteiger partial charge in [0.25, 0.3) is 0 Å². The first-order valence-corrected chi connectivity index (χ1v) is 7.34. The van der Waals surface area contributed by atoms with Crippen LogP contribution in [0.5, 0.6) is 0 Å². The van der Waals surface area contributed by atoms with Gasteiger partial charge in [0.2, 0.25) is 0 Å². The van der Waals surface area contributed by atoms with E-state index in [4.69, 9.17) is 9.84 Å². The number of carbonyl (C=O) groups excluding carboxylic acids is 1. The Balaban J connectivity index is 2.26. The molecule has 7 nitrogen and oxygen atoms in total. The lowest BCUT2D eigenvalue weighted by molar-refractivity contribution is 0.0691. The fraction of sp³-hybridized carbons (Fsp3) is 0.462. The molecule has 0 fully saturated rings. The van der Waals surface area contributed by atoms with E-state index in [1.165, 1.54) is 16.7 Å². The summed E-state index contributed by atoms with van der Waals surface area (Å²) in [6.45, 7) is 6.73. The second-order valence-electron chi connectivity index (χ2n) is 4.19. The maximum Gasteiger partial charge on any atom is 0.355 e. The maximum atomic E-state index is 11.6. The zero-order valence-corrected chi connectivity index (χ0v) is 12.6. The Morgan fingerprint density at radius 3 is 2.95 bits per heavy atom. The molecule has 116 valence electrons. The van der Waals surface area contributed by atoms with Crippen LogP contribution in [0.15, 0.2) is 18.0 Å². The van der Waals surface area contributed by atoms with Gasteiger partial charge in [0.05, 0.1) is 19.3 Å². The average Bonchev–Trinajstić information content (AvgIpc) is 2.92. The summed E-state index contributed by atoms with van der Waals surface area (Å²) in [6, 6.07) is -0.702.